The van der Waals surface area contributed by atoms with Crippen LogP contribution in [0.1, 0.15) is 25.8 Å². The lowest BCUT2D eigenvalue weighted by molar-refractivity contribution is 0.0770. The second-order valence-corrected chi connectivity index (χ2v) is 3.96. The lowest BCUT2D eigenvalue weighted by Gasteiger charge is -2.07. The van der Waals surface area contributed by atoms with Gasteiger partial charge in [-0.25, -0.2) is 4.68 Å². The summed E-state index contributed by atoms with van der Waals surface area (Å²) < 4.78 is 7.15. The number of nitrogens with one attached hydrogen (secondary N) is 1. The first-order valence-electron chi connectivity index (χ1n) is 5.70. The molecule has 0 radical (unpaired) electrons. The molecule has 0 atom stereocenters. The van der Waals surface area contributed by atoms with E-state index in [1.807, 2.05) is 12.4 Å². The number of nitrogens with zero attached hydrogens (tertiary/aromatic N) is 2. The summed E-state index contributed by atoms with van der Waals surface area (Å²) in [7, 11) is 0. The lowest BCUT2D eigenvalue weighted by atomic mass is 10.3. The third-order valence-electron chi connectivity index (χ3n) is 2.12. The van der Waals surface area contributed by atoms with Gasteiger partial charge in [0.15, 0.2) is 0 Å². The molecule has 16 heavy (non-hydrogen) atoms. The summed E-state index contributed by atoms with van der Waals surface area (Å²) >= 11 is 0. The van der Waals surface area contributed by atoms with Gasteiger partial charge in [-0.15, -0.1) is 0 Å². The Labute approximate surface area is 97.3 Å². The zero-order valence-electron chi connectivity index (χ0n) is 10.1. The van der Waals surface area contributed by atoms with Crippen LogP contribution in [0.5, 0.6) is 0 Å². The zero-order chi connectivity index (χ0) is 11.8. The van der Waals surface area contributed by atoms with Crippen molar-refractivity contribution in [2.75, 3.05) is 13.2 Å². The monoisotopic (exact) mass is 223 g/mol. The highest BCUT2D eigenvalue weighted by Gasteiger charge is 1.96. The van der Waals surface area contributed by atoms with Gasteiger partial charge in [-0.1, -0.05) is 6.58 Å². The molecule has 0 amide bonds. The minimum atomic E-state index is 0.325. The first kappa shape index (κ1) is 12.9. The van der Waals surface area contributed by atoms with Gasteiger partial charge in [-0.3, -0.25) is 0 Å². The Morgan fingerprint density at radius 2 is 2.44 bits per heavy atom. The van der Waals surface area contributed by atoms with Crippen molar-refractivity contribution < 1.29 is 4.74 Å². The fourth-order valence-corrected chi connectivity index (χ4v) is 1.32. The fraction of sp³-hybridized carbons (Fsp3) is 0.583. The van der Waals surface area contributed by atoms with Crippen LogP contribution in [0.2, 0.25) is 0 Å². The van der Waals surface area contributed by atoms with Gasteiger partial charge in [0.1, 0.15) is 0 Å². The molecule has 1 heterocycles. The van der Waals surface area contributed by atoms with E-state index in [2.05, 4.69) is 30.8 Å². The SMILES string of the molecule is C=Cn1cc(CNCCCOC(C)C)cn1. The summed E-state index contributed by atoms with van der Waals surface area (Å²) in [5.41, 5.74) is 1.17. The predicted molar refractivity (Wildman–Crippen MR) is 66.0 cm³/mol. The largest absolute Gasteiger partial charge is 0.379 e. The van der Waals surface area contributed by atoms with E-state index in [-0.39, 0.29) is 0 Å². The molecule has 1 N–H and O–H groups in total. The van der Waals surface area contributed by atoms with Crippen molar-refractivity contribution in [2.45, 2.75) is 32.9 Å². The van der Waals surface area contributed by atoms with Crippen molar-refractivity contribution in [2.24, 2.45) is 0 Å². The van der Waals surface area contributed by atoms with Gasteiger partial charge in [0.05, 0.1) is 12.3 Å². The Kier molecular flexibility index (Phi) is 5.82. The van der Waals surface area contributed by atoms with Crippen molar-refractivity contribution in [3.8, 4) is 0 Å². The van der Waals surface area contributed by atoms with Crippen molar-refractivity contribution in [1.29, 1.82) is 0 Å². The Hall–Kier alpha value is -1.13. The van der Waals surface area contributed by atoms with Crippen LogP contribution in [0.15, 0.2) is 19.0 Å². The van der Waals surface area contributed by atoms with Crippen LogP contribution in [0.4, 0.5) is 0 Å². The van der Waals surface area contributed by atoms with Crippen molar-refractivity contribution in [3.63, 3.8) is 0 Å². The highest BCUT2D eigenvalue weighted by atomic mass is 16.5. The smallest absolute Gasteiger partial charge is 0.0538 e. The summed E-state index contributed by atoms with van der Waals surface area (Å²) in [6.45, 7) is 10.4. The Balaban J connectivity index is 2.04. The van der Waals surface area contributed by atoms with Crippen LogP contribution >= 0.6 is 0 Å². The van der Waals surface area contributed by atoms with E-state index in [0.29, 0.717) is 6.10 Å². The fourth-order valence-electron chi connectivity index (χ4n) is 1.32. The van der Waals surface area contributed by atoms with E-state index in [4.69, 9.17) is 4.74 Å². The summed E-state index contributed by atoms with van der Waals surface area (Å²) in [5, 5.41) is 7.45. The molecule has 0 aliphatic rings. The van der Waals surface area contributed by atoms with Gasteiger partial charge < -0.3 is 10.1 Å². The summed E-state index contributed by atoms with van der Waals surface area (Å²) in [6, 6.07) is 0. The number of rotatable bonds is 8. The molecule has 0 unspecified atom stereocenters. The molecule has 4 heteroatoms. The first-order valence-corrected chi connectivity index (χ1v) is 5.70. The molecule has 90 valence electrons. The van der Waals surface area contributed by atoms with Crippen molar-refractivity contribution >= 4 is 6.20 Å². The van der Waals surface area contributed by atoms with Crippen molar-refractivity contribution in [3.05, 3.63) is 24.5 Å². The van der Waals surface area contributed by atoms with Crippen LogP contribution in [-0.4, -0.2) is 29.0 Å². The van der Waals surface area contributed by atoms with E-state index >= 15 is 0 Å². The summed E-state index contributed by atoms with van der Waals surface area (Å²) in [6.07, 6.45) is 6.85. The molecule has 0 fully saturated rings. The second-order valence-electron chi connectivity index (χ2n) is 3.96. The highest BCUT2D eigenvalue weighted by Crippen LogP contribution is 1.97. The quantitative estimate of drug-likeness (QED) is 0.684. The predicted octanol–water partition coefficient (Wildman–Crippen LogP) is 1.89. The molecule has 0 saturated carbocycles. The molecule has 0 aliphatic carbocycles. The van der Waals surface area contributed by atoms with Crippen LogP contribution in [0.25, 0.3) is 6.20 Å². The normalized spacial score (nSPS) is 10.9. The van der Waals surface area contributed by atoms with Crippen LogP contribution in [0, 0.1) is 0 Å². The molecule has 4 nitrogen and oxygen atoms in total. The number of hydrogen-bond donors (Lipinski definition) is 1. The van der Waals surface area contributed by atoms with E-state index in [1.54, 1.807) is 10.9 Å². The maximum atomic E-state index is 5.45. The molecular weight excluding hydrogens is 202 g/mol. The third kappa shape index (κ3) is 5.09. The van der Waals surface area contributed by atoms with Gasteiger partial charge in [-0.2, -0.15) is 5.10 Å². The van der Waals surface area contributed by atoms with Crippen molar-refractivity contribution in [1.82, 2.24) is 15.1 Å². The second kappa shape index (κ2) is 7.19. The molecule has 0 aromatic carbocycles. The third-order valence-corrected chi connectivity index (χ3v) is 2.12. The average Bonchev–Trinajstić information content (AvgIpc) is 2.70. The van der Waals surface area contributed by atoms with Crippen LogP contribution in [-0.2, 0) is 11.3 Å². The average molecular weight is 223 g/mol. The summed E-state index contributed by atoms with van der Waals surface area (Å²) in [4.78, 5) is 0. The van der Waals surface area contributed by atoms with E-state index in [9.17, 15) is 0 Å². The molecule has 0 saturated heterocycles. The molecule has 1 rings (SSSR count). The zero-order valence-corrected chi connectivity index (χ0v) is 10.1. The van der Waals surface area contributed by atoms with Gasteiger partial charge in [0.25, 0.3) is 0 Å². The molecule has 0 bridgehead atoms. The van der Waals surface area contributed by atoms with Crippen LogP contribution < -0.4 is 5.32 Å². The molecule has 1 aromatic rings. The Morgan fingerprint density at radius 3 is 3.06 bits per heavy atom. The number of ether oxygens (including phenoxy) is 1. The number of aromatic nitrogens is 2. The maximum Gasteiger partial charge on any atom is 0.0538 e. The minimum Gasteiger partial charge on any atom is -0.379 e. The molecule has 0 spiro atoms. The standard InChI is InChI=1S/C12H21N3O/c1-4-15-10-12(9-14-15)8-13-6-5-7-16-11(2)3/h4,9-11,13H,1,5-8H2,2-3H3. The lowest BCUT2D eigenvalue weighted by Crippen LogP contribution is -2.17. The van der Waals surface area contributed by atoms with Crippen LogP contribution in [0.3, 0.4) is 0 Å². The number of hydrogen-bond acceptors (Lipinski definition) is 3. The summed E-state index contributed by atoms with van der Waals surface area (Å²) in [5.74, 6) is 0. The van der Waals surface area contributed by atoms with E-state index in [1.165, 1.54) is 5.56 Å². The minimum absolute atomic E-state index is 0.325. The topological polar surface area (TPSA) is 39.1 Å². The Morgan fingerprint density at radius 1 is 1.62 bits per heavy atom. The van der Waals surface area contributed by atoms with Gasteiger partial charge in [0.2, 0.25) is 0 Å². The molecule has 0 aliphatic heterocycles. The van der Waals surface area contributed by atoms with Gasteiger partial charge >= 0.3 is 0 Å². The molecular formula is C12H21N3O. The maximum absolute atomic E-state index is 5.45. The molecule has 1 aromatic heterocycles. The van der Waals surface area contributed by atoms with Gasteiger partial charge in [-0.05, 0) is 26.8 Å². The van der Waals surface area contributed by atoms with E-state index in [0.717, 1.165) is 26.1 Å². The Bertz CT molecular complexity index is 307. The first-order chi connectivity index (χ1) is 7.72. The van der Waals surface area contributed by atoms with E-state index < -0.39 is 0 Å². The van der Waals surface area contributed by atoms with Gasteiger partial charge in [0, 0.05) is 31.1 Å². The highest BCUT2D eigenvalue weighted by molar-refractivity contribution is 5.17.